The molecule has 2 rings (SSSR count). The number of nitrogens with one attached hydrogen (secondary N) is 1. The summed E-state index contributed by atoms with van der Waals surface area (Å²) in [6.45, 7) is 3.47. The average Bonchev–Trinajstić information content (AvgIpc) is 2.31. The van der Waals surface area contributed by atoms with Crippen LogP contribution in [0.3, 0.4) is 0 Å². The fraction of sp³-hybridized carbons (Fsp3) is 0.909. The maximum Gasteiger partial charge on any atom is 0.222 e. The van der Waals surface area contributed by atoms with E-state index in [1.807, 2.05) is 4.90 Å². The summed E-state index contributed by atoms with van der Waals surface area (Å²) in [5.74, 6) is 2.15. The molecule has 2 heterocycles. The summed E-state index contributed by atoms with van der Waals surface area (Å²) >= 11 is 0. The van der Waals surface area contributed by atoms with Crippen LogP contribution in [0, 0.1) is 5.92 Å². The highest BCUT2D eigenvalue weighted by Gasteiger charge is 2.23. The van der Waals surface area contributed by atoms with E-state index in [1.54, 1.807) is 0 Å². The molecule has 1 amide bonds. The fourth-order valence-electron chi connectivity index (χ4n) is 2.35. The molecule has 1 N–H and O–H groups in total. The third kappa shape index (κ3) is 3.28. The molecule has 0 saturated carbocycles. The van der Waals surface area contributed by atoms with Crippen molar-refractivity contribution in [3.8, 4) is 0 Å². The molecule has 0 aromatic carbocycles. The van der Waals surface area contributed by atoms with E-state index < -0.39 is 10.8 Å². The van der Waals surface area contributed by atoms with E-state index in [0.717, 1.165) is 25.9 Å². The summed E-state index contributed by atoms with van der Waals surface area (Å²) in [5, 5.41) is 3.31. The summed E-state index contributed by atoms with van der Waals surface area (Å²) in [6, 6.07) is 0. The maximum atomic E-state index is 12.0. The smallest absolute Gasteiger partial charge is 0.222 e. The first-order valence-electron chi connectivity index (χ1n) is 6.09. The van der Waals surface area contributed by atoms with Crippen molar-refractivity contribution in [3.05, 3.63) is 0 Å². The first-order chi connectivity index (χ1) is 7.75. The second kappa shape index (κ2) is 5.77. The quantitative estimate of drug-likeness (QED) is 0.742. The van der Waals surface area contributed by atoms with Gasteiger partial charge in [-0.25, -0.2) is 0 Å². The Bertz CT molecular complexity index is 267. The molecule has 0 unspecified atom stereocenters. The standard InChI is InChI=1S/C11H20N2O2S/c14-11(9-10-1-3-12-4-2-10)13-5-7-16(15)8-6-13/h10,12H,1-9H2. The Hall–Kier alpha value is -0.420. The van der Waals surface area contributed by atoms with E-state index in [2.05, 4.69) is 5.32 Å². The number of rotatable bonds is 2. The van der Waals surface area contributed by atoms with Gasteiger partial charge in [0.2, 0.25) is 5.91 Å². The van der Waals surface area contributed by atoms with Crippen LogP contribution in [0.2, 0.25) is 0 Å². The molecule has 2 fully saturated rings. The molecule has 0 aromatic heterocycles. The Morgan fingerprint density at radius 3 is 2.50 bits per heavy atom. The SMILES string of the molecule is O=C(CC1CCNCC1)N1CCS(=O)CC1. The number of nitrogens with zero attached hydrogens (tertiary/aromatic N) is 1. The minimum Gasteiger partial charge on any atom is -0.341 e. The van der Waals surface area contributed by atoms with Crippen molar-refractivity contribution in [1.82, 2.24) is 10.2 Å². The van der Waals surface area contributed by atoms with Crippen molar-refractivity contribution in [1.29, 1.82) is 0 Å². The van der Waals surface area contributed by atoms with Crippen LogP contribution in [-0.4, -0.2) is 52.7 Å². The normalized spacial score (nSPS) is 24.6. The van der Waals surface area contributed by atoms with Gasteiger partial charge >= 0.3 is 0 Å². The third-order valence-electron chi connectivity index (χ3n) is 3.45. The molecular formula is C11H20N2O2S. The van der Waals surface area contributed by atoms with Gasteiger partial charge in [0.25, 0.3) is 0 Å². The van der Waals surface area contributed by atoms with E-state index in [-0.39, 0.29) is 5.91 Å². The average molecular weight is 244 g/mol. The van der Waals surface area contributed by atoms with Crippen molar-refractivity contribution >= 4 is 16.7 Å². The fourth-order valence-corrected chi connectivity index (χ4v) is 3.40. The van der Waals surface area contributed by atoms with Crippen LogP contribution in [0.15, 0.2) is 0 Å². The highest BCUT2D eigenvalue weighted by atomic mass is 32.2. The van der Waals surface area contributed by atoms with Crippen LogP contribution < -0.4 is 5.32 Å². The maximum absolute atomic E-state index is 12.0. The third-order valence-corrected chi connectivity index (χ3v) is 4.73. The predicted molar refractivity (Wildman–Crippen MR) is 64.7 cm³/mol. The van der Waals surface area contributed by atoms with Gasteiger partial charge in [-0.05, 0) is 31.8 Å². The van der Waals surface area contributed by atoms with Crippen molar-refractivity contribution in [2.45, 2.75) is 19.3 Å². The van der Waals surface area contributed by atoms with Gasteiger partial charge in [-0.2, -0.15) is 0 Å². The van der Waals surface area contributed by atoms with Gasteiger partial charge in [-0.15, -0.1) is 0 Å². The summed E-state index contributed by atoms with van der Waals surface area (Å²) in [4.78, 5) is 13.9. The van der Waals surface area contributed by atoms with Gasteiger partial charge in [0.1, 0.15) is 0 Å². The second-order valence-electron chi connectivity index (χ2n) is 4.63. The number of hydrogen-bond acceptors (Lipinski definition) is 3. The zero-order valence-corrected chi connectivity index (χ0v) is 10.4. The molecular weight excluding hydrogens is 224 g/mol. The summed E-state index contributed by atoms with van der Waals surface area (Å²) in [7, 11) is -0.688. The first kappa shape index (κ1) is 12.0. The molecule has 16 heavy (non-hydrogen) atoms. The molecule has 0 spiro atoms. The van der Waals surface area contributed by atoms with Crippen LogP contribution in [0.5, 0.6) is 0 Å². The minimum atomic E-state index is -0.688. The number of amides is 1. The van der Waals surface area contributed by atoms with E-state index in [1.165, 1.54) is 0 Å². The minimum absolute atomic E-state index is 0.267. The topological polar surface area (TPSA) is 49.4 Å². The summed E-state index contributed by atoms with van der Waals surface area (Å²) in [6.07, 6.45) is 2.92. The zero-order valence-electron chi connectivity index (χ0n) is 9.61. The molecule has 0 aliphatic carbocycles. The first-order valence-corrected chi connectivity index (χ1v) is 7.58. The van der Waals surface area contributed by atoms with Gasteiger partial charge < -0.3 is 10.2 Å². The molecule has 2 saturated heterocycles. The van der Waals surface area contributed by atoms with Gasteiger partial charge in [-0.3, -0.25) is 9.00 Å². The van der Waals surface area contributed by atoms with Gasteiger partial charge in [0, 0.05) is 41.8 Å². The zero-order chi connectivity index (χ0) is 11.4. The Balaban J connectivity index is 1.76. The second-order valence-corrected chi connectivity index (χ2v) is 6.32. The lowest BCUT2D eigenvalue weighted by molar-refractivity contribution is -0.132. The Morgan fingerprint density at radius 1 is 1.25 bits per heavy atom. The van der Waals surface area contributed by atoms with Crippen molar-refractivity contribution in [2.75, 3.05) is 37.7 Å². The summed E-state index contributed by atoms with van der Waals surface area (Å²) in [5.41, 5.74) is 0. The Morgan fingerprint density at radius 2 is 1.88 bits per heavy atom. The van der Waals surface area contributed by atoms with Crippen molar-refractivity contribution in [2.24, 2.45) is 5.92 Å². The number of hydrogen-bond donors (Lipinski definition) is 1. The lowest BCUT2D eigenvalue weighted by atomic mass is 9.94. The molecule has 0 aromatic rings. The van der Waals surface area contributed by atoms with E-state index in [0.29, 0.717) is 36.9 Å². The molecule has 2 aliphatic rings. The number of piperidine rings is 1. The lowest BCUT2D eigenvalue weighted by Gasteiger charge is -2.29. The number of carbonyl (C=O) groups is 1. The van der Waals surface area contributed by atoms with Crippen LogP contribution >= 0.6 is 0 Å². The Kier molecular flexibility index (Phi) is 4.35. The number of carbonyl (C=O) groups excluding carboxylic acids is 1. The van der Waals surface area contributed by atoms with Gasteiger partial charge in [0.05, 0.1) is 0 Å². The van der Waals surface area contributed by atoms with Crippen LogP contribution in [0.25, 0.3) is 0 Å². The molecule has 4 nitrogen and oxygen atoms in total. The lowest BCUT2D eigenvalue weighted by Crippen LogP contribution is -2.43. The highest BCUT2D eigenvalue weighted by Crippen LogP contribution is 2.17. The van der Waals surface area contributed by atoms with E-state index in [9.17, 15) is 9.00 Å². The molecule has 0 bridgehead atoms. The highest BCUT2D eigenvalue weighted by molar-refractivity contribution is 7.85. The molecule has 0 radical (unpaired) electrons. The Labute approximate surface area is 99.2 Å². The van der Waals surface area contributed by atoms with E-state index in [4.69, 9.17) is 0 Å². The van der Waals surface area contributed by atoms with Crippen molar-refractivity contribution in [3.63, 3.8) is 0 Å². The predicted octanol–water partition coefficient (Wildman–Crippen LogP) is -0.0330. The molecule has 92 valence electrons. The summed E-state index contributed by atoms with van der Waals surface area (Å²) < 4.78 is 11.2. The van der Waals surface area contributed by atoms with Gasteiger partial charge in [-0.1, -0.05) is 0 Å². The largest absolute Gasteiger partial charge is 0.341 e. The van der Waals surface area contributed by atoms with Crippen LogP contribution in [0.4, 0.5) is 0 Å². The van der Waals surface area contributed by atoms with Crippen molar-refractivity contribution < 1.29 is 9.00 Å². The van der Waals surface area contributed by atoms with E-state index >= 15 is 0 Å². The molecule has 2 aliphatic heterocycles. The molecule has 5 heteroatoms. The molecule has 0 atom stereocenters. The van der Waals surface area contributed by atoms with Gasteiger partial charge in [0.15, 0.2) is 0 Å². The van der Waals surface area contributed by atoms with Crippen LogP contribution in [-0.2, 0) is 15.6 Å². The monoisotopic (exact) mass is 244 g/mol. The van der Waals surface area contributed by atoms with Crippen LogP contribution in [0.1, 0.15) is 19.3 Å².